The van der Waals surface area contributed by atoms with Crippen LogP contribution in [0.5, 0.6) is 0 Å². The first-order valence-electron chi connectivity index (χ1n) is 9.87. The van der Waals surface area contributed by atoms with Gasteiger partial charge in [-0.3, -0.25) is 9.59 Å². The summed E-state index contributed by atoms with van der Waals surface area (Å²) >= 11 is 0. The smallest absolute Gasteiger partial charge is 0.335 e. The predicted octanol–water partition coefficient (Wildman–Crippen LogP) is 2.72. The first-order chi connectivity index (χ1) is 14.6. The van der Waals surface area contributed by atoms with E-state index in [2.05, 4.69) is 0 Å². The highest BCUT2D eigenvalue weighted by atomic mass is 16.4. The molecule has 10 heteroatoms. The average molecular weight is 444 g/mol. The second-order valence-corrected chi connectivity index (χ2v) is 6.40. The van der Waals surface area contributed by atoms with Gasteiger partial charge in [-0.2, -0.15) is 0 Å². The molecular weight excluding hydrogens is 412 g/mol. The third-order valence-electron chi connectivity index (χ3n) is 3.73. The van der Waals surface area contributed by atoms with E-state index in [0.29, 0.717) is 6.42 Å². The molecule has 0 spiro atoms. The van der Waals surface area contributed by atoms with Crippen LogP contribution >= 0.6 is 0 Å². The van der Waals surface area contributed by atoms with Gasteiger partial charge in [-0.1, -0.05) is 25.7 Å². The van der Waals surface area contributed by atoms with E-state index in [4.69, 9.17) is 30.6 Å². The van der Waals surface area contributed by atoms with Gasteiger partial charge in [0.1, 0.15) is 0 Å². The topological polar surface area (TPSA) is 190 Å². The van der Waals surface area contributed by atoms with E-state index >= 15 is 0 Å². The zero-order valence-corrected chi connectivity index (χ0v) is 17.4. The normalized spacial score (nSPS) is 9.48. The van der Waals surface area contributed by atoms with Gasteiger partial charge in [-0.25, -0.2) is 9.59 Å². The molecule has 176 valence electrons. The van der Waals surface area contributed by atoms with Crippen LogP contribution in [-0.4, -0.2) is 67.7 Å². The van der Waals surface area contributed by atoms with Gasteiger partial charge in [0.15, 0.2) is 0 Å². The summed E-state index contributed by atoms with van der Waals surface area (Å²) in [5.41, 5.74) is 0.167. The zero-order chi connectivity index (χ0) is 24.1. The largest absolute Gasteiger partial charge is 0.481 e. The van der Waals surface area contributed by atoms with Crippen LogP contribution in [-0.2, 0) is 9.59 Å². The molecule has 0 aliphatic carbocycles. The highest BCUT2D eigenvalue weighted by molar-refractivity contribution is 5.91. The van der Waals surface area contributed by atoms with E-state index in [9.17, 15) is 19.2 Å². The summed E-state index contributed by atoms with van der Waals surface area (Å²) in [6.07, 6.45) is 6.32. The quantitative estimate of drug-likeness (QED) is 0.247. The minimum absolute atomic E-state index is 0.0833. The fourth-order valence-corrected chi connectivity index (χ4v) is 2.09. The lowest BCUT2D eigenvalue weighted by atomic mass is 10.1. The Bertz CT molecular complexity index is 585. The lowest BCUT2D eigenvalue weighted by Crippen LogP contribution is -1.99. The number of carboxylic acid groups (broad SMARTS) is 4. The number of aliphatic hydroxyl groups excluding tert-OH is 2. The number of hydrogen-bond donors (Lipinski definition) is 6. The van der Waals surface area contributed by atoms with Crippen LogP contribution in [0.3, 0.4) is 0 Å². The lowest BCUT2D eigenvalue weighted by Gasteiger charge is -1.98. The van der Waals surface area contributed by atoms with Crippen LogP contribution < -0.4 is 0 Å². The maximum Gasteiger partial charge on any atom is 0.335 e. The second kappa shape index (κ2) is 20.3. The van der Waals surface area contributed by atoms with Crippen LogP contribution in [0.15, 0.2) is 24.3 Å². The van der Waals surface area contributed by atoms with Crippen molar-refractivity contribution < 1.29 is 49.8 Å². The monoisotopic (exact) mass is 444 g/mol. The van der Waals surface area contributed by atoms with Gasteiger partial charge in [0, 0.05) is 26.1 Å². The molecule has 10 nitrogen and oxygen atoms in total. The van der Waals surface area contributed by atoms with Crippen molar-refractivity contribution >= 4 is 23.9 Å². The molecule has 0 atom stereocenters. The summed E-state index contributed by atoms with van der Waals surface area (Å²) in [6, 6.07) is 5.02. The van der Waals surface area contributed by atoms with Crippen LogP contribution in [0.25, 0.3) is 0 Å². The highest BCUT2D eigenvalue weighted by Crippen LogP contribution is 2.08. The average Bonchev–Trinajstić information content (AvgIpc) is 2.71. The molecule has 1 aromatic rings. The molecule has 0 heterocycles. The number of aromatic carboxylic acids is 2. The summed E-state index contributed by atoms with van der Waals surface area (Å²) in [7, 11) is 0. The van der Waals surface area contributed by atoms with E-state index in [1.165, 1.54) is 24.3 Å². The number of benzene rings is 1. The van der Waals surface area contributed by atoms with E-state index in [-0.39, 0.29) is 37.2 Å². The van der Waals surface area contributed by atoms with Crippen molar-refractivity contribution in [3.8, 4) is 0 Å². The van der Waals surface area contributed by atoms with Crippen LogP contribution in [0, 0.1) is 0 Å². The Morgan fingerprint density at radius 3 is 1.00 bits per heavy atom. The SMILES string of the molecule is O=C(O)CCCCCCCCC(=O)O.O=C(O)c1ccc(C(=O)O)cc1.OCCCO. The van der Waals surface area contributed by atoms with E-state index in [1.54, 1.807) is 0 Å². The number of hydrogen-bond acceptors (Lipinski definition) is 6. The van der Waals surface area contributed by atoms with Gasteiger partial charge in [-0.05, 0) is 43.5 Å². The lowest BCUT2D eigenvalue weighted by molar-refractivity contribution is -0.138. The summed E-state index contributed by atoms with van der Waals surface area (Å²) in [6.45, 7) is 0.188. The molecule has 1 aromatic carbocycles. The number of aliphatic carboxylic acids is 2. The Morgan fingerprint density at radius 1 is 0.516 bits per heavy atom. The van der Waals surface area contributed by atoms with Crippen molar-refractivity contribution in [1.29, 1.82) is 0 Å². The molecule has 1 rings (SSSR count). The zero-order valence-electron chi connectivity index (χ0n) is 17.4. The van der Waals surface area contributed by atoms with Crippen molar-refractivity contribution in [2.45, 2.75) is 57.8 Å². The predicted molar refractivity (Wildman–Crippen MR) is 111 cm³/mol. The van der Waals surface area contributed by atoms with Crippen LogP contribution in [0.2, 0.25) is 0 Å². The number of carboxylic acids is 4. The number of rotatable bonds is 13. The molecule has 0 aliphatic heterocycles. The molecule has 0 bridgehead atoms. The minimum Gasteiger partial charge on any atom is -0.481 e. The fourth-order valence-electron chi connectivity index (χ4n) is 2.09. The molecular formula is C21H32O10. The molecule has 0 saturated carbocycles. The van der Waals surface area contributed by atoms with Gasteiger partial charge in [0.05, 0.1) is 11.1 Å². The molecule has 0 unspecified atom stereocenters. The Balaban J connectivity index is 0. The number of carbonyl (C=O) groups is 4. The van der Waals surface area contributed by atoms with E-state index in [1.807, 2.05) is 0 Å². The molecule has 0 fully saturated rings. The molecule has 0 aliphatic rings. The number of aliphatic hydroxyl groups is 2. The summed E-state index contributed by atoms with van der Waals surface area (Å²) < 4.78 is 0. The maximum atomic E-state index is 10.3. The Kier molecular flexibility index (Phi) is 19.8. The molecule has 31 heavy (non-hydrogen) atoms. The highest BCUT2D eigenvalue weighted by Gasteiger charge is 2.04. The first kappa shape index (κ1) is 30.2. The van der Waals surface area contributed by atoms with Crippen LogP contribution in [0.1, 0.15) is 78.5 Å². The molecule has 6 N–H and O–H groups in total. The van der Waals surface area contributed by atoms with Gasteiger partial charge in [0.25, 0.3) is 0 Å². The fraction of sp³-hybridized carbons (Fsp3) is 0.524. The van der Waals surface area contributed by atoms with Gasteiger partial charge < -0.3 is 30.6 Å². The minimum atomic E-state index is -1.06. The van der Waals surface area contributed by atoms with Crippen molar-refractivity contribution in [3.05, 3.63) is 35.4 Å². The Hall–Kier alpha value is -2.98. The van der Waals surface area contributed by atoms with Crippen molar-refractivity contribution in [2.75, 3.05) is 13.2 Å². The second-order valence-electron chi connectivity index (χ2n) is 6.40. The maximum absolute atomic E-state index is 10.3. The molecule has 0 saturated heterocycles. The van der Waals surface area contributed by atoms with Crippen molar-refractivity contribution in [1.82, 2.24) is 0 Å². The van der Waals surface area contributed by atoms with Gasteiger partial charge in [0.2, 0.25) is 0 Å². The third kappa shape index (κ3) is 21.5. The van der Waals surface area contributed by atoms with Gasteiger partial charge in [-0.15, -0.1) is 0 Å². The van der Waals surface area contributed by atoms with E-state index < -0.39 is 23.9 Å². The Labute approximate surface area is 180 Å². The standard InChI is InChI=1S/C10H18O4.C8H6O4.C3H8O2/c11-9(12)7-5-3-1-2-4-6-8-10(13)14;9-7(10)5-1-2-6(4-3-5)8(11)12;4-2-1-3-5/h1-8H2,(H,11,12)(H,13,14);1-4H,(H,9,10)(H,11,12);4-5H,1-3H2. The molecule has 0 radical (unpaired) electrons. The third-order valence-corrected chi connectivity index (χ3v) is 3.73. The Morgan fingerprint density at radius 2 is 0.806 bits per heavy atom. The first-order valence-corrected chi connectivity index (χ1v) is 9.87. The van der Waals surface area contributed by atoms with Gasteiger partial charge >= 0.3 is 23.9 Å². The van der Waals surface area contributed by atoms with Crippen molar-refractivity contribution in [3.63, 3.8) is 0 Å². The molecule has 0 amide bonds. The van der Waals surface area contributed by atoms with Crippen LogP contribution in [0.4, 0.5) is 0 Å². The van der Waals surface area contributed by atoms with Crippen molar-refractivity contribution in [2.24, 2.45) is 0 Å². The summed E-state index contributed by atoms with van der Waals surface area (Å²) in [4.78, 5) is 41.0. The summed E-state index contributed by atoms with van der Waals surface area (Å²) in [5.74, 6) is -3.61. The number of unbranched alkanes of at least 4 members (excludes halogenated alkanes) is 5. The molecule has 0 aromatic heterocycles. The van der Waals surface area contributed by atoms with E-state index in [0.717, 1.165) is 38.5 Å². The summed E-state index contributed by atoms with van der Waals surface area (Å²) in [5, 5.41) is 49.4.